The molecular weight excluding hydrogens is 430 g/mol. The average molecular weight is 464 g/mol. The number of ketones is 1. The van der Waals surface area contributed by atoms with E-state index in [0.717, 1.165) is 29.1 Å². The number of ether oxygens (including phenoxy) is 2. The summed E-state index contributed by atoms with van der Waals surface area (Å²) < 4.78 is 10.8. The summed E-state index contributed by atoms with van der Waals surface area (Å²) in [5, 5.41) is 6.49. The van der Waals surface area contributed by atoms with Gasteiger partial charge in [0.25, 0.3) is 0 Å². The number of hydrogen-bond donors (Lipinski definition) is 2. The Bertz CT molecular complexity index is 1110. The molecule has 2 aromatic carbocycles. The number of Topliss-reactive ketones (excluding diaryl/α,β-unsaturated/α-hetero) is 1. The van der Waals surface area contributed by atoms with Crippen molar-refractivity contribution in [3.8, 4) is 5.75 Å². The highest BCUT2D eigenvalue weighted by Crippen LogP contribution is 2.49. The molecule has 1 aliphatic heterocycles. The number of para-hydroxylation sites is 3. The van der Waals surface area contributed by atoms with Gasteiger partial charge in [0.1, 0.15) is 5.75 Å². The van der Waals surface area contributed by atoms with Crippen LogP contribution in [0, 0.1) is 5.41 Å². The molecule has 180 valence electrons. The number of carbonyl (C=O) groups is 2. The number of fused-ring (bicyclic) bond motifs is 1. The smallest absolute Gasteiger partial charge is 0.239 e. The molecule has 2 aliphatic rings. The first kappa shape index (κ1) is 23.8. The molecule has 0 saturated heterocycles. The maximum atomic E-state index is 13.7. The number of methoxy groups -OCH3 is 2. The van der Waals surface area contributed by atoms with E-state index in [-0.39, 0.29) is 23.7 Å². The topological polar surface area (TPSA) is 79.9 Å². The molecule has 7 nitrogen and oxygen atoms in total. The van der Waals surface area contributed by atoms with E-state index in [9.17, 15) is 9.59 Å². The van der Waals surface area contributed by atoms with Gasteiger partial charge in [-0.15, -0.1) is 0 Å². The van der Waals surface area contributed by atoms with Crippen molar-refractivity contribution < 1.29 is 19.1 Å². The fourth-order valence-electron chi connectivity index (χ4n) is 4.95. The van der Waals surface area contributed by atoms with Crippen LogP contribution in [0.2, 0.25) is 0 Å². The number of rotatable bonds is 7. The third-order valence-electron chi connectivity index (χ3n) is 6.38. The van der Waals surface area contributed by atoms with Crippen LogP contribution in [0.25, 0.3) is 0 Å². The first-order chi connectivity index (χ1) is 16.3. The van der Waals surface area contributed by atoms with Crippen LogP contribution < -0.4 is 20.3 Å². The maximum Gasteiger partial charge on any atom is 0.239 e. The van der Waals surface area contributed by atoms with Gasteiger partial charge in [-0.05, 0) is 30.0 Å². The predicted octanol–water partition coefficient (Wildman–Crippen LogP) is 4.07. The molecule has 0 unspecified atom stereocenters. The lowest BCUT2D eigenvalue weighted by Crippen LogP contribution is -2.42. The molecule has 1 heterocycles. The monoisotopic (exact) mass is 463 g/mol. The molecule has 0 radical (unpaired) electrons. The van der Waals surface area contributed by atoms with Crippen molar-refractivity contribution >= 4 is 23.1 Å². The number of nitrogens with one attached hydrogen (secondary N) is 2. The van der Waals surface area contributed by atoms with Crippen molar-refractivity contribution in [2.45, 2.75) is 32.7 Å². The molecule has 0 fully saturated rings. The highest BCUT2D eigenvalue weighted by atomic mass is 16.5. The number of anilines is 2. The van der Waals surface area contributed by atoms with Gasteiger partial charge in [0, 0.05) is 36.9 Å². The summed E-state index contributed by atoms with van der Waals surface area (Å²) in [4.78, 5) is 28.7. The van der Waals surface area contributed by atoms with Gasteiger partial charge in [-0.1, -0.05) is 44.2 Å². The lowest BCUT2D eigenvalue weighted by Gasteiger charge is -2.38. The molecule has 2 aromatic rings. The Morgan fingerprint density at radius 3 is 2.62 bits per heavy atom. The van der Waals surface area contributed by atoms with Gasteiger partial charge in [-0.3, -0.25) is 9.59 Å². The third kappa shape index (κ3) is 4.80. The number of carbonyl (C=O) groups excluding carboxylic acids is 2. The van der Waals surface area contributed by atoms with Crippen LogP contribution in [-0.2, 0) is 14.3 Å². The summed E-state index contributed by atoms with van der Waals surface area (Å²) in [6, 6.07) is 15.1. The number of nitrogens with zero attached hydrogens (tertiary/aromatic N) is 1. The van der Waals surface area contributed by atoms with E-state index < -0.39 is 6.04 Å². The van der Waals surface area contributed by atoms with Crippen LogP contribution in [0.5, 0.6) is 5.75 Å². The molecule has 34 heavy (non-hydrogen) atoms. The maximum absolute atomic E-state index is 13.7. The van der Waals surface area contributed by atoms with Crippen molar-refractivity contribution in [2.75, 3.05) is 44.1 Å². The van der Waals surface area contributed by atoms with Gasteiger partial charge in [-0.2, -0.15) is 0 Å². The summed E-state index contributed by atoms with van der Waals surface area (Å²) in [5.74, 6) is 0.632. The highest BCUT2D eigenvalue weighted by molar-refractivity contribution is 6.02. The van der Waals surface area contributed by atoms with E-state index in [1.807, 2.05) is 53.4 Å². The largest absolute Gasteiger partial charge is 0.496 e. The van der Waals surface area contributed by atoms with Crippen LogP contribution in [0.15, 0.2) is 59.8 Å². The Hall–Kier alpha value is -3.32. The van der Waals surface area contributed by atoms with Gasteiger partial charge in [0.2, 0.25) is 5.91 Å². The second-order valence-electron chi connectivity index (χ2n) is 9.59. The van der Waals surface area contributed by atoms with Crippen LogP contribution >= 0.6 is 0 Å². The summed E-state index contributed by atoms with van der Waals surface area (Å²) in [6.07, 6.45) is 1.19. The quantitative estimate of drug-likeness (QED) is 0.603. The summed E-state index contributed by atoms with van der Waals surface area (Å²) >= 11 is 0. The molecular formula is C27H33N3O4. The van der Waals surface area contributed by atoms with Gasteiger partial charge >= 0.3 is 0 Å². The Morgan fingerprint density at radius 2 is 1.85 bits per heavy atom. The van der Waals surface area contributed by atoms with E-state index in [1.165, 1.54) is 0 Å². The van der Waals surface area contributed by atoms with Crippen LogP contribution in [0.3, 0.4) is 0 Å². The standard InChI is InChI=1S/C27H33N3O4/c1-27(2)15-20-25(22(31)16-27)26(18-9-5-8-12-23(18)34-4)30(17-24(32)28-13-14-33-3)21-11-7-6-10-19(21)29-20/h5-12,26,29H,13-17H2,1-4H3,(H,28,32)/t26-/m0/s1. The minimum absolute atomic E-state index is 0.0819. The Morgan fingerprint density at radius 1 is 1.12 bits per heavy atom. The van der Waals surface area contributed by atoms with Crippen molar-refractivity contribution in [3.63, 3.8) is 0 Å². The number of hydrogen-bond acceptors (Lipinski definition) is 6. The van der Waals surface area contributed by atoms with Crippen LogP contribution in [0.1, 0.15) is 38.3 Å². The summed E-state index contributed by atoms with van der Waals surface area (Å²) in [7, 11) is 3.23. The van der Waals surface area contributed by atoms with Crippen molar-refractivity contribution in [2.24, 2.45) is 5.41 Å². The van der Waals surface area contributed by atoms with E-state index in [1.54, 1.807) is 14.2 Å². The van der Waals surface area contributed by atoms with Crippen LogP contribution in [0.4, 0.5) is 11.4 Å². The van der Waals surface area contributed by atoms with Crippen molar-refractivity contribution in [3.05, 3.63) is 65.4 Å². The lowest BCUT2D eigenvalue weighted by atomic mass is 9.73. The molecule has 0 spiro atoms. The molecule has 0 saturated carbocycles. The Kier molecular flexibility index (Phi) is 6.93. The minimum Gasteiger partial charge on any atom is -0.496 e. The molecule has 7 heteroatoms. The molecule has 0 bridgehead atoms. The van der Waals surface area contributed by atoms with Gasteiger partial charge in [0.05, 0.1) is 37.7 Å². The second kappa shape index (κ2) is 9.89. The zero-order valence-corrected chi connectivity index (χ0v) is 20.3. The third-order valence-corrected chi connectivity index (χ3v) is 6.38. The number of amides is 1. The SMILES string of the molecule is COCCNC(=O)CN1c2ccccc2NC2=C(C(=O)CC(C)(C)C2)[C@@H]1c1ccccc1OC. The van der Waals surface area contributed by atoms with E-state index in [2.05, 4.69) is 24.5 Å². The molecule has 1 atom stereocenters. The Labute approximate surface area is 201 Å². The van der Waals surface area contributed by atoms with Gasteiger partial charge in [0.15, 0.2) is 5.78 Å². The van der Waals surface area contributed by atoms with Crippen LogP contribution in [-0.4, -0.2) is 45.6 Å². The normalized spacial score (nSPS) is 19.0. The first-order valence-electron chi connectivity index (χ1n) is 11.6. The Balaban J connectivity index is 1.89. The van der Waals surface area contributed by atoms with E-state index in [0.29, 0.717) is 30.9 Å². The number of benzene rings is 2. The minimum atomic E-state index is -0.473. The molecule has 1 aliphatic carbocycles. The zero-order valence-electron chi connectivity index (χ0n) is 20.3. The first-order valence-corrected chi connectivity index (χ1v) is 11.6. The van der Waals surface area contributed by atoms with E-state index in [4.69, 9.17) is 9.47 Å². The summed E-state index contributed by atoms with van der Waals surface area (Å²) in [6.45, 7) is 5.17. The molecule has 2 N–H and O–H groups in total. The molecule has 4 rings (SSSR count). The van der Waals surface area contributed by atoms with Gasteiger partial charge in [-0.25, -0.2) is 0 Å². The second-order valence-corrected chi connectivity index (χ2v) is 9.59. The lowest BCUT2D eigenvalue weighted by molar-refractivity contribution is -0.121. The molecule has 1 amide bonds. The fourth-order valence-corrected chi connectivity index (χ4v) is 4.95. The van der Waals surface area contributed by atoms with E-state index >= 15 is 0 Å². The van der Waals surface area contributed by atoms with Crippen molar-refractivity contribution in [1.29, 1.82) is 0 Å². The number of allylic oxidation sites excluding steroid dienone is 1. The van der Waals surface area contributed by atoms with Gasteiger partial charge < -0.3 is 25.0 Å². The van der Waals surface area contributed by atoms with Crippen molar-refractivity contribution in [1.82, 2.24) is 5.32 Å². The fraction of sp³-hybridized carbons (Fsp3) is 0.407. The highest BCUT2D eigenvalue weighted by Gasteiger charge is 2.42. The molecule has 0 aromatic heterocycles. The zero-order chi connectivity index (χ0) is 24.3. The predicted molar refractivity (Wildman–Crippen MR) is 133 cm³/mol. The average Bonchev–Trinajstić information content (AvgIpc) is 2.93. The summed E-state index contributed by atoms with van der Waals surface area (Å²) in [5.41, 5.74) is 4.05.